The Morgan fingerprint density at radius 1 is 0.447 bits per heavy atom. The van der Waals surface area contributed by atoms with Gasteiger partial charge in [-0.3, -0.25) is 43.2 Å². The summed E-state index contributed by atoms with van der Waals surface area (Å²) in [5.41, 5.74) is 1.63. The molecule has 2 aromatic rings. The van der Waals surface area contributed by atoms with Crippen LogP contribution in [0.4, 0.5) is 0 Å². The van der Waals surface area contributed by atoms with Gasteiger partial charge in [0.05, 0.1) is 0 Å². The molecule has 0 bridgehead atoms. The molecule has 3 aliphatic heterocycles. The van der Waals surface area contributed by atoms with Crippen LogP contribution in [0, 0.1) is 29.6 Å². The molecule has 0 radical (unpaired) electrons. The highest BCUT2D eigenvalue weighted by Gasteiger charge is 2.45. The molecule has 0 aliphatic carbocycles. The number of rotatable bonds is 14. The summed E-state index contributed by atoms with van der Waals surface area (Å²) in [5.74, 6) is -6.67. The summed E-state index contributed by atoms with van der Waals surface area (Å²) in [6, 6.07) is 8.66. The van der Waals surface area contributed by atoms with E-state index >= 15 is 0 Å². The first kappa shape index (κ1) is 60.5. The SMILES string of the molecule is CC[C@H](C)[C@@H]1NC(=O)[C@H](CC(C)C)NC(=O)[C@H](CCc2ccccc2)NC(=O)[C@H](Cc2ccccc2)NC(=O)[C@@H]2CCCN2C(=O)[C@@H]2CCCN2C(=O)[C@H](C(C)C)NC(=O)[C@H](CC(C)C)NC(=O)[C@H]([C@@H](C)CC)NC1=O. The molecule has 18 heteroatoms. The average molecular weight is 1050 g/mol. The highest BCUT2D eigenvalue weighted by Crippen LogP contribution is 2.27. The Kier molecular flexibility index (Phi) is 22.9. The molecule has 5 rings (SSSR count). The molecule has 76 heavy (non-hydrogen) atoms. The standard InChI is InChI=1S/C58H87N9O9/c1-11-37(9)48-55(73)62-43(32-35(5)6)52(70)63-47(36(7)8)58(76)67-30-20-26-46(67)57(75)66-29-19-25-45(66)54(72)61-44(33-40-23-17-14-18-24-40)51(69)59-41(28-27-39-21-15-13-16-22-39)50(68)60-42(31-34(3)4)53(71)64-49(38(10)12-2)56(74)65-48/h13-18,21-24,34-38,41-49H,11-12,19-20,25-33H2,1-10H3,(H,59,69)(H,60,68)(H,61,72)(H,62,73)(H,63,70)(H,64,71)(H,65,74)/t37-,38-,41-,42-,43-,44-,45-,46-,47-,48-,49-/m0/s1. The highest BCUT2D eigenvalue weighted by molar-refractivity contribution is 5.99. The largest absolute Gasteiger partial charge is 0.343 e. The Morgan fingerprint density at radius 2 is 0.855 bits per heavy atom. The molecule has 9 amide bonds. The van der Waals surface area contributed by atoms with Gasteiger partial charge >= 0.3 is 0 Å². The van der Waals surface area contributed by atoms with E-state index in [9.17, 15) is 43.2 Å². The zero-order valence-corrected chi connectivity index (χ0v) is 46.6. The number of benzene rings is 2. The van der Waals surface area contributed by atoms with Gasteiger partial charge in [-0.1, -0.05) is 143 Å². The lowest BCUT2D eigenvalue weighted by molar-refractivity contribution is -0.148. The van der Waals surface area contributed by atoms with Crippen LogP contribution < -0.4 is 37.2 Å². The Morgan fingerprint density at radius 3 is 1.37 bits per heavy atom. The van der Waals surface area contributed by atoms with Crippen molar-refractivity contribution in [1.82, 2.24) is 47.0 Å². The summed E-state index contributed by atoms with van der Waals surface area (Å²) in [6.45, 7) is 19.0. The zero-order valence-electron chi connectivity index (χ0n) is 46.6. The number of aryl methyl sites for hydroxylation is 1. The summed E-state index contributed by atoms with van der Waals surface area (Å²) in [7, 11) is 0. The van der Waals surface area contributed by atoms with E-state index in [1.54, 1.807) is 20.8 Å². The Bertz CT molecular complexity index is 2310. The lowest BCUT2D eigenvalue weighted by Crippen LogP contribution is -2.62. The maximum absolute atomic E-state index is 14.8. The molecule has 11 atom stereocenters. The fourth-order valence-electron chi connectivity index (χ4n) is 10.4. The summed E-state index contributed by atoms with van der Waals surface area (Å²) in [4.78, 5) is 134. The number of carbonyl (C=O) groups is 9. The van der Waals surface area contributed by atoms with Gasteiger partial charge in [0.15, 0.2) is 0 Å². The van der Waals surface area contributed by atoms with Gasteiger partial charge in [0.1, 0.15) is 54.4 Å². The van der Waals surface area contributed by atoms with Gasteiger partial charge in [-0.25, -0.2) is 0 Å². The lowest BCUT2D eigenvalue weighted by Gasteiger charge is -2.35. The van der Waals surface area contributed by atoms with Crippen molar-refractivity contribution in [2.75, 3.05) is 13.1 Å². The third-order valence-electron chi connectivity index (χ3n) is 15.3. The Balaban J connectivity index is 1.60. The van der Waals surface area contributed by atoms with E-state index < -0.39 is 125 Å². The number of nitrogens with one attached hydrogen (secondary N) is 7. The van der Waals surface area contributed by atoms with Gasteiger partial charge in [-0.15, -0.1) is 0 Å². The van der Waals surface area contributed by atoms with Gasteiger partial charge in [0.2, 0.25) is 53.2 Å². The van der Waals surface area contributed by atoms with E-state index in [0.29, 0.717) is 44.9 Å². The smallest absolute Gasteiger partial charge is 0.246 e. The van der Waals surface area contributed by atoms with E-state index in [0.717, 1.165) is 11.1 Å². The van der Waals surface area contributed by atoms with Crippen molar-refractivity contribution < 1.29 is 43.2 Å². The van der Waals surface area contributed by atoms with Crippen LogP contribution in [-0.4, -0.2) is 130 Å². The first-order valence-corrected chi connectivity index (χ1v) is 27.9. The molecular formula is C58H87N9O9. The number of carbonyl (C=O) groups excluding carboxylic acids is 9. The van der Waals surface area contributed by atoms with Crippen LogP contribution in [0.15, 0.2) is 60.7 Å². The topological polar surface area (TPSA) is 244 Å². The van der Waals surface area contributed by atoms with Crippen LogP contribution in [0.25, 0.3) is 0 Å². The van der Waals surface area contributed by atoms with Crippen molar-refractivity contribution in [3.8, 4) is 0 Å². The van der Waals surface area contributed by atoms with E-state index in [-0.39, 0.29) is 50.6 Å². The minimum Gasteiger partial charge on any atom is -0.343 e. The van der Waals surface area contributed by atoms with Crippen LogP contribution in [0.2, 0.25) is 0 Å². The molecule has 0 aromatic heterocycles. The molecular weight excluding hydrogens is 967 g/mol. The van der Waals surface area contributed by atoms with Crippen molar-refractivity contribution in [2.24, 2.45) is 29.6 Å². The minimum atomic E-state index is -1.20. The molecule has 18 nitrogen and oxygen atoms in total. The number of amides is 9. The van der Waals surface area contributed by atoms with Gasteiger partial charge in [0.25, 0.3) is 0 Å². The minimum absolute atomic E-state index is 0.0494. The fraction of sp³-hybridized carbons (Fsp3) is 0.638. The molecule has 0 spiro atoms. The number of hydrogen-bond acceptors (Lipinski definition) is 9. The van der Waals surface area contributed by atoms with Gasteiger partial charge < -0.3 is 47.0 Å². The van der Waals surface area contributed by atoms with Crippen molar-refractivity contribution >= 4 is 53.2 Å². The Labute approximate surface area is 450 Å². The second-order valence-electron chi connectivity index (χ2n) is 22.6. The Hall–Kier alpha value is -6.33. The molecule has 3 aliphatic rings. The molecule has 7 N–H and O–H groups in total. The molecule has 3 saturated heterocycles. The van der Waals surface area contributed by atoms with Crippen LogP contribution in [0.5, 0.6) is 0 Å². The maximum Gasteiger partial charge on any atom is 0.246 e. The summed E-state index contributed by atoms with van der Waals surface area (Å²) < 4.78 is 0. The van der Waals surface area contributed by atoms with Crippen LogP contribution in [-0.2, 0) is 56.0 Å². The van der Waals surface area contributed by atoms with Crippen LogP contribution >= 0.6 is 0 Å². The zero-order chi connectivity index (χ0) is 55.8. The van der Waals surface area contributed by atoms with Gasteiger partial charge in [-0.05, 0) is 92.1 Å². The van der Waals surface area contributed by atoms with Crippen molar-refractivity contribution in [3.05, 3.63) is 71.8 Å². The number of hydrogen-bond donors (Lipinski definition) is 7. The maximum atomic E-state index is 14.8. The van der Waals surface area contributed by atoms with E-state index in [2.05, 4.69) is 37.2 Å². The molecule has 3 heterocycles. The predicted molar refractivity (Wildman–Crippen MR) is 291 cm³/mol. The predicted octanol–water partition coefficient (Wildman–Crippen LogP) is 4.09. The van der Waals surface area contributed by atoms with Crippen molar-refractivity contribution in [3.63, 3.8) is 0 Å². The van der Waals surface area contributed by atoms with Crippen molar-refractivity contribution in [2.45, 2.75) is 194 Å². The first-order chi connectivity index (χ1) is 36.1. The lowest BCUT2D eigenvalue weighted by atomic mass is 9.93. The number of nitrogens with zero attached hydrogens (tertiary/aromatic N) is 2. The van der Waals surface area contributed by atoms with E-state index in [1.165, 1.54) is 9.80 Å². The second-order valence-corrected chi connectivity index (χ2v) is 22.6. The average Bonchev–Trinajstić information content (AvgIpc) is 4.10. The fourth-order valence-corrected chi connectivity index (χ4v) is 10.4. The van der Waals surface area contributed by atoms with Gasteiger partial charge in [-0.2, -0.15) is 0 Å². The number of fused-ring (bicyclic) bond motifs is 2. The normalized spacial score (nSPS) is 27.1. The second kappa shape index (κ2) is 28.7. The molecule has 418 valence electrons. The van der Waals surface area contributed by atoms with E-state index in [4.69, 9.17) is 0 Å². The molecule has 3 fully saturated rings. The summed E-state index contributed by atoms with van der Waals surface area (Å²) in [6.07, 6.45) is 3.52. The third-order valence-corrected chi connectivity index (χ3v) is 15.3. The first-order valence-electron chi connectivity index (χ1n) is 27.9. The quantitative estimate of drug-likeness (QED) is 0.144. The van der Waals surface area contributed by atoms with Gasteiger partial charge in [0, 0.05) is 19.5 Å². The molecule has 0 unspecified atom stereocenters. The van der Waals surface area contributed by atoms with Crippen LogP contribution in [0.1, 0.15) is 138 Å². The van der Waals surface area contributed by atoms with Crippen molar-refractivity contribution in [1.29, 1.82) is 0 Å². The highest BCUT2D eigenvalue weighted by atomic mass is 16.2. The third kappa shape index (κ3) is 16.6. The van der Waals surface area contributed by atoms with E-state index in [1.807, 2.05) is 109 Å². The molecule has 0 saturated carbocycles. The monoisotopic (exact) mass is 1050 g/mol. The van der Waals surface area contributed by atoms with Crippen LogP contribution in [0.3, 0.4) is 0 Å². The summed E-state index contributed by atoms with van der Waals surface area (Å²) in [5, 5.41) is 20.4. The molecule has 2 aromatic carbocycles. The summed E-state index contributed by atoms with van der Waals surface area (Å²) >= 11 is 0.